The standard InChI is InChI=1S/C3H5N3O2/c7-6(8)3-1-2-4-5-3/h4H,1-2H2. The summed E-state index contributed by atoms with van der Waals surface area (Å²) in [5, 5.41) is 13.2. The van der Waals surface area contributed by atoms with Gasteiger partial charge >= 0.3 is 5.84 Å². The van der Waals surface area contributed by atoms with Crippen LogP contribution in [0.25, 0.3) is 0 Å². The van der Waals surface area contributed by atoms with Crippen LogP contribution in [0.15, 0.2) is 5.10 Å². The molecule has 1 N–H and O–H groups in total. The van der Waals surface area contributed by atoms with Crippen molar-refractivity contribution in [3.63, 3.8) is 0 Å². The van der Waals surface area contributed by atoms with E-state index in [1.54, 1.807) is 0 Å². The van der Waals surface area contributed by atoms with Gasteiger partial charge in [0.1, 0.15) is 0 Å². The zero-order valence-corrected chi connectivity index (χ0v) is 4.13. The van der Waals surface area contributed by atoms with E-state index in [0.717, 1.165) is 0 Å². The average Bonchev–Trinajstić information content (AvgIpc) is 2.12. The lowest BCUT2D eigenvalue weighted by atomic mass is 10.4. The summed E-state index contributed by atoms with van der Waals surface area (Å²) in [6.45, 7) is 0.594. The van der Waals surface area contributed by atoms with Gasteiger partial charge in [-0.15, -0.1) is 0 Å². The van der Waals surface area contributed by atoms with Crippen LogP contribution >= 0.6 is 0 Å². The highest BCUT2D eigenvalue weighted by Gasteiger charge is 2.17. The minimum Gasteiger partial charge on any atom is -0.358 e. The maximum Gasteiger partial charge on any atom is 0.365 e. The summed E-state index contributed by atoms with van der Waals surface area (Å²) in [5.41, 5.74) is 2.50. The fourth-order valence-corrected chi connectivity index (χ4v) is 0.503. The van der Waals surface area contributed by atoms with Crippen LogP contribution in [-0.4, -0.2) is 17.3 Å². The van der Waals surface area contributed by atoms with Gasteiger partial charge in [-0.05, 0) is 4.92 Å². The molecule has 0 aromatic heterocycles. The van der Waals surface area contributed by atoms with Crippen molar-refractivity contribution in [1.29, 1.82) is 0 Å². The molecule has 1 aliphatic rings. The topological polar surface area (TPSA) is 67.5 Å². The van der Waals surface area contributed by atoms with Gasteiger partial charge in [0, 0.05) is 5.10 Å². The summed E-state index contributed by atoms with van der Waals surface area (Å²) >= 11 is 0. The number of rotatable bonds is 0. The second-order valence-electron chi connectivity index (χ2n) is 1.44. The van der Waals surface area contributed by atoms with Gasteiger partial charge in [-0.3, -0.25) is 0 Å². The predicted octanol–water partition coefficient (Wildman–Crippen LogP) is -0.430. The Labute approximate surface area is 45.5 Å². The van der Waals surface area contributed by atoms with Gasteiger partial charge in [-0.1, -0.05) is 0 Å². The quantitative estimate of drug-likeness (QED) is 0.344. The highest BCUT2D eigenvalue weighted by molar-refractivity contribution is 5.75. The first-order valence-electron chi connectivity index (χ1n) is 2.24. The van der Waals surface area contributed by atoms with Crippen molar-refractivity contribution in [2.24, 2.45) is 5.10 Å². The summed E-state index contributed by atoms with van der Waals surface area (Å²) in [7, 11) is 0. The number of hydrazone groups is 1. The minimum absolute atomic E-state index is 0.0324. The third-order valence-corrected chi connectivity index (χ3v) is 0.879. The smallest absolute Gasteiger partial charge is 0.358 e. The number of amidine groups is 1. The third kappa shape index (κ3) is 0.749. The van der Waals surface area contributed by atoms with Crippen molar-refractivity contribution in [3.8, 4) is 0 Å². The molecular formula is C3H5N3O2. The number of nitrogens with zero attached hydrogens (tertiary/aromatic N) is 2. The van der Waals surface area contributed by atoms with Crippen molar-refractivity contribution in [2.75, 3.05) is 6.54 Å². The SMILES string of the molecule is O=[N+]([O-])C1=NNCC1. The Morgan fingerprint density at radius 1 is 1.88 bits per heavy atom. The summed E-state index contributed by atoms with van der Waals surface area (Å²) < 4.78 is 0. The fraction of sp³-hybridized carbons (Fsp3) is 0.667. The molecule has 0 atom stereocenters. The first-order valence-corrected chi connectivity index (χ1v) is 2.24. The maximum atomic E-state index is 9.84. The average molecular weight is 115 g/mol. The zero-order chi connectivity index (χ0) is 5.98. The molecule has 0 spiro atoms. The third-order valence-electron chi connectivity index (χ3n) is 0.879. The predicted molar refractivity (Wildman–Crippen MR) is 27.0 cm³/mol. The number of hydrogen-bond donors (Lipinski definition) is 1. The van der Waals surface area contributed by atoms with Crippen LogP contribution in [-0.2, 0) is 0 Å². The summed E-state index contributed by atoms with van der Waals surface area (Å²) in [4.78, 5) is 9.36. The molecule has 0 aromatic carbocycles. The van der Waals surface area contributed by atoms with Crippen LogP contribution in [0.5, 0.6) is 0 Å². The normalized spacial score (nSPS) is 17.2. The molecule has 0 aromatic rings. The molecule has 0 aliphatic carbocycles. The molecule has 0 unspecified atom stereocenters. The Balaban J connectivity index is 2.57. The molecule has 0 bridgehead atoms. The number of nitrogens with one attached hydrogen (secondary N) is 1. The summed E-state index contributed by atoms with van der Waals surface area (Å²) in [6, 6.07) is 0. The van der Waals surface area contributed by atoms with Gasteiger partial charge in [0.15, 0.2) is 0 Å². The largest absolute Gasteiger partial charge is 0.365 e. The molecule has 0 amide bonds. The van der Waals surface area contributed by atoms with E-state index in [9.17, 15) is 10.1 Å². The first kappa shape index (κ1) is 5.02. The van der Waals surface area contributed by atoms with Crippen LogP contribution in [0.2, 0.25) is 0 Å². The summed E-state index contributed by atoms with van der Waals surface area (Å²) in [5.74, 6) is 0.0324. The van der Waals surface area contributed by atoms with Gasteiger partial charge in [0.25, 0.3) is 0 Å². The van der Waals surface area contributed by atoms with E-state index in [1.165, 1.54) is 0 Å². The Morgan fingerprint density at radius 2 is 2.62 bits per heavy atom. The van der Waals surface area contributed by atoms with Crippen molar-refractivity contribution < 1.29 is 4.92 Å². The van der Waals surface area contributed by atoms with Crippen molar-refractivity contribution in [3.05, 3.63) is 10.1 Å². The fourth-order valence-electron chi connectivity index (χ4n) is 0.503. The van der Waals surface area contributed by atoms with E-state index in [4.69, 9.17) is 0 Å². The first-order chi connectivity index (χ1) is 3.80. The second-order valence-corrected chi connectivity index (χ2v) is 1.44. The molecule has 0 saturated heterocycles. The minimum atomic E-state index is -0.472. The molecule has 5 nitrogen and oxygen atoms in total. The van der Waals surface area contributed by atoms with Crippen molar-refractivity contribution >= 4 is 5.84 Å². The van der Waals surface area contributed by atoms with Crippen LogP contribution in [0.3, 0.4) is 0 Å². The van der Waals surface area contributed by atoms with Crippen molar-refractivity contribution in [1.82, 2.24) is 5.43 Å². The molecule has 5 heteroatoms. The molecule has 1 heterocycles. The Bertz CT molecular complexity index is 141. The van der Waals surface area contributed by atoms with E-state index in [2.05, 4.69) is 10.5 Å². The number of nitro groups is 1. The monoisotopic (exact) mass is 115 g/mol. The zero-order valence-electron chi connectivity index (χ0n) is 4.13. The molecular weight excluding hydrogens is 110 g/mol. The lowest BCUT2D eigenvalue weighted by molar-refractivity contribution is -0.352. The highest BCUT2D eigenvalue weighted by Crippen LogP contribution is 1.91. The molecule has 8 heavy (non-hydrogen) atoms. The van der Waals surface area contributed by atoms with E-state index in [-0.39, 0.29) is 5.84 Å². The van der Waals surface area contributed by atoms with E-state index >= 15 is 0 Å². The molecule has 1 aliphatic heterocycles. The lowest BCUT2D eigenvalue weighted by Gasteiger charge is -1.84. The van der Waals surface area contributed by atoms with Gasteiger partial charge in [-0.25, -0.2) is 5.43 Å². The van der Waals surface area contributed by atoms with Gasteiger partial charge < -0.3 is 10.1 Å². The van der Waals surface area contributed by atoms with Crippen LogP contribution in [0.4, 0.5) is 0 Å². The highest BCUT2D eigenvalue weighted by atomic mass is 16.6. The molecule has 0 fully saturated rings. The molecule has 0 saturated carbocycles. The van der Waals surface area contributed by atoms with Crippen LogP contribution in [0.1, 0.15) is 6.42 Å². The Hall–Kier alpha value is -1.13. The van der Waals surface area contributed by atoms with E-state index in [0.29, 0.717) is 13.0 Å². The summed E-state index contributed by atoms with van der Waals surface area (Å²) in [6.07, 6.45) is 0.438. The second kappa shape index (κ2) is 1.77. The van der Waals surface area contributed by atoms with Gasteiger partial charge in [0.05, 0.1) is 13.0 Å². The van der Waals surface area contributed by atoms with Crippen LogP contribution in [0, 0.1) is 10.1 Å². The molecule has 1 rings (SSSR count). The van der Waals surface area contributed by atoms with E-state index in [1.807, 2.05) is 0 Å². The van der Waals surface area contributed by atoms with Gasteiger partial charge in [-0.2, -0.15) is 0 Å². The molecule has 44 valence electrons. The Morgan fingerprint density at radius 3 is 2.88 bits per heavy atom. The van der Waals surface area contributed by atoms with Crippen molar-refractivity contribution in [2.45, 2.75) is 6.42 Å². The van der Waals surface area contributed by atoms with Crippen LogP contribution < -0.4 is 5.43 Å². The number of hydrogen-bond acceptors (Lipinski definition) is 4. The van der Waals surface area contributed by atoms with E-state index < -0.39 is 4.92 Å². The maximum absolute atomic E-state index is 9.84. The van der Waals surface area contributed by atoms with Gasteiger partial charge in [0.2, 0.25) is 0 Å². The lowest BCUT2D eigenvalue weighted by Crippen LogP contribution is -2.07. The Kier molecular flexibility index (Phi) is 1.11. The molecule has 0 radical (unpaired) electrons.